The second-order valence-electron chi connectivity index (χ2n) is 10.2. The third-order valence-corrected chi connectivity index (χ3v) is 8.13. The Hall–Kier alpha value is -2.66. The number of hydrogen-bond acceptors (Lipinski definition) is 3. The number of hydrogen-bond donors (Lipinski definition) is 2. The van der Waals surface area contributed by atoms with E-state index in [-0.39, 0.29) is 29.2 Å². The number of carbonyl (C=O) groups excluding carboxylic acids is 2. The van der Waals surface area contributed by atoms with Crippen LogP contribution in [0.25, 0.3) is 0 Å². The van der Waals surface area contributed by atoms with Crippen LogP contribution < -0.4 is 11.1 Å². The Labute approximate surface area is 196 Å². The molecule has 2 atom stereocenters. The van der Waals surface area contributed by atoms with E-state index in [4.69, 9.17) is 5.73 Å². The molecule has 2 aromatic rings. The summed E-state index contributed by atoms with van der Waals surface area (Å²) >= 11 is 0. The van der Waals surface area contributed by atoms with Gasteiger partial charge in [0.25, 0.3) is 0 Å². The summed E-state index contributed by atoms with van der Waals surface area (Å²) in [6.45, 7) is 1.37. The number of amides is 2. The quantitative estimate of drug-likeness (QED) is 0.713. The molecular weight excluding hydrogens is 410 g/mol. The fraction of sp³-hybridized carbons (Fsp3) is 0.500. The highest BCUT2D eigenvalue weighted by Crippen LogP contribution is 2.59. The predicted molar refractivity (Wildman–Crippen MR) is 129 cm³/mol. The summed E-state index contributed by atoms with van der Waals surface area (Å²) in [4.78, 5) is 28.7. The van der Waals surface area contributed by atoms with Crippen LogP contribution >= 0.6 is 0 Å². The third-order valence-electron chi connectivity index (χ3n) is 8.13. The summed E-state index contributed by atoms with van der Waals surface area (Å²) in [5.41, 5.74) is 8.10. The maximum absolute atomic E-state index is 13.8. The minimum absolute atomic E-state index is 0.0152. The van der Waals surface area contributed by atoms with Crippen LogP contribution in [0.3, 0.4) is 0 Å². The van der Waals surface area contributed by atoms with Crippen LogP contribution in [0.15, 0.2) is 60.7 Å². The zero-order valence-corrected chi connectivity index (χ0v) is 19.3. The van der Waals surface area contributed by atoms with Gasteiger partial charge in [-0.2, -0.15) is 0 Å². The SMILES string of the molecule is NC1CCC(CNC(=O)[C@@H]2CCCN2C(=O)C2CC2(c2ccccc2)c2ccccc2)CC1. The Morgan fingerprint density at radius 3 is 2.12 bits per heavy atom. The van der Waals surface area contributed by atoms with Crippen molar-refractivity contribution < 1.29 is 9.59 Å². The van der Waals surface area contributed by atoms with E-state index in [1.807, 2.05) is 41.3 Å². The van der Waals surface area contributed by atoms with E-state index < -0.39 is 0 Å². The van der Waals surface area contributed by atoms with Gasteiger partial charge >= 0.3 is 0 Å². The van der Waals surface area contributed by atoms with Crippen molar-refractivity contribution in [2.24, 2.45) is 17.6 Å². The van der Waals surface area contributed by atoms with E-state index in [9.17, 15) is 9.59 Å². The molecule has 1 aliphatic heterocycles. The maximum Gasteiger partial charge on any atom is 0.242 e. The molecule has 0 spiro atoms. The van der Waals surface area contributed by atoms with Crippen molar-refractivity contribution in [2.45, 2.75) is 62.4 Å². The van der Waals surface area contributed by atoms with Crippen LogP contribution in [0, 0.1) is 11.8 Å². The van der Waals surface area contributed by atoms with Crippen molar-refractivity contribution in [1.29, 1.82) is 0 Å². The number of nitrogens with two attached hydrogens (primary N) is 1. The molecule has 33 heavy (non-hydrogen) atoms. The van der Waals surface area contributed by atoms with E-state index >= 15 is 0 Å². The molecule has 5 nitrogen and oxygen atoms in total. The highest BCUT2D eigenvalue weighted by atomic mass is 16.2. The average Bonchev–Trinajstić information content (AvgIpc) is 3.44. The molecule has 2 amide bonds. The lowest BCUT2D eigenvalue weighted by Gasteiger charge is -2.29. The molecule has 2 saturated carbocycles. The second kappa shape index (κ2) is 9.30. The molecule has 1 unspecified atom stereocenters. The van der Waals surface area contributed by atoms with Crippen LogP contribution in [0.5, 0.6) is 0 Å². The summed E-state index contributed by atoms with van der Waals surface area (Å²) in [5.74, 6) is 0.535. The lowest BCUT2D eigenvalue weighted by atomic mass is 9.85. The van der Waals surface area contributed by atoms with Gasteiger partial charge in [0, 0.05) is 24.5 Å². The highest BCUT2D eigenvalue weighted by Gasteiger charge is 2.61. The van der Waals surface area contributed by atoms with Crippen LogP contribution in [0.1, 0.15) is 56.1 Å². The molecular formula is C28H35N3O2. The number of benzene rings is 2. The highest BCUT2D eigenvalue weighted by molar-refractivity contribution is 5.92. The van der Waals surface area contributed by atoms with Gasteiger partial charge in [-0.15, -0.1) is 0 Å². The Morgan fingerprint density at radius 2 is 1.52 bits per heavy atom. The van der Waals surface area contributed by atoms with Gasteiger partial charge in [-0.1, -0.05) is 60.7 Å². The predicted octanol–water partition coefficient (Wildman–Crippen LogP) is 3.62. The number of carbonyl (C=O) groups is 2. The van der Waals surface area contributed by atoms with Crippen molar-refractivity contribution in [1.82, 2.24) is 10.2 Å². The first kappa shape index (κ1) is 22.1. The number of nitrogens with one attached hydrogen (secondary N) is 1. The van der Waals surface area contributed by atoms with Crippen molar-refractivity contribution in [3.63, 3.8) is 0 Å². The molecule has 3 fully saturated rings. The maximum atomic E-state index is 13.8. The molecule has 0 bridgehead atoms. The van der Waals surface area contributed by atoms with E-state index in [1.165, 1.54) is 11.1 Å². The van der Waals surface area contributed by atoms with Gasteiger partial charge in [0.1, 0.15) is 6.04 Å². The Balaban J connectivity index is 1.29. The van der Waals surface area contributed by atoms with Crippen LogP contribution in [0.2, 0.25) is 0 Å². The molecule has 0 aromatic heterocycles. The molecule has 2 aliphatic carbocycles. The molecule has 1 heterocycles. The Bertz CT molecular complexity index is 930. The lowest BCUT2D eigenvalue weighted by molar-refractivity contribution is -0.139. The molecule has 5 heteroatoms. The number of rotatable bonds is 6. The fourth-order valence-corrected chi connectivity index (χ4v) is 6.10. The molecule has 1 saturated heterocycles. The first-order valence-electron chi connectivity index (χ1n) is 12.5. The minimum Gasteiger partial charge on any atom is -0.354 e. The van der Waals surface area contributed by atoms with E-state index in [0.29, 0.717) is 25.0 Å². The molecule has 3 N–H and O–H groups in total. The number of nitrogens with zero attached hydrogens (tertiary/aromatic N) is 1. The summed E-state index contributed by atoms with van der Waals surface area (Å²) in [5, 5.41) is 3.16. The topological polar surface area (TPSA) is 75.4 Å². The van der Waals surface area contributed by atoms with Crippen LogP contribution in [-0.4, -0.2) is 41.9 Å². The summed E-state index contributed by atoms with van der Waals surface area (Å²) in [6.07, 6.45) is 6.67. The van der Waals surface area contributed by atoms with E-state index in [2.05, 4.69) is 29.6 Å². The van der Waals surface area contributed by atoms with Crippen molar-refractivity contribution >= 4 is 11.8 Å². The van der Waals surface area contributed by atoms with Gasteiger partial charge in [0.15, 0.2) is 0 Å². The van der Waals surface area contributed by atoms with Gasteiger partial charge in [0.2, 0.25) is 11.8 Å². The van der Waals surface area contributed by atoms with Crippen molar-refractivity contribution in [2.75, 3.05) is 13.1 Å². The molecule has 3 aliphatic rings. The normalized spacial score (nSPS) is 28.3. The molecule has 2 aromatic carbocycles. The summed E-state index contributed by atoms with van der Waals surface area (Å²) < 4.78 is 0. The fourth-order valence-electron chi connectivity index (χ4n) is 6.10. The van der Waals surface area contributed by atoms with Crippen molar-refractivity contribution in [3.05, 3.63) is 71.8 Å². The average molecular weight is 446 g/mol. The van der Waals surface area contributed by atoms with E-state index in [1.54, 1.807) is 0 Å². The smallest absolute Gasteiger partial charge is 0.242 e. The monoisotopic (exact) mass is 445 g/mol. The first-order chi connectivity index (χ1) is 16.1. The zero-order chi connectivity index (χ0) is 22.8. The minimum atomic E-state index is -0.340. The third kappa shape index (κ3) is 4.31. The standard InChI is InChI=1S/C28H35N3O2/c29-23-15-13-20(14-16-23)19-30-26(32)25-12-7-17-31(25)27(33)24-18-28(24,21-8-3-1-4-9-21)22-10-5-2-6-11-22/h1-6,8-11,20,23-25H,7,12-19,29H2,(H,30,32)/t20?,23?,24?,25-/m0/s1. The van der Waals surface area contributed by atoms with Gasteiger partial charge in [-0.3, -0.25) is 9.59 Å². The second-order valence-corrected chi connectivity index (χ2v) is 10.2. The largest absolute Gasteiger partial charge is 0.354 e. The first-order valence-corrected chi connectivity index (χ1v) is 12.5. The molecule has 0 radical (unpaired) electrons. The number of likely N-dealkylation sites (tertiary alicyclic amines) is 1. The van der Waals surface area contributed by atoms with Crippen LogP contribution in [-0.2, 0) is 15.0 Å². The summed E-state index contributed by atoms with van der Waals surface area (Å²) in [6, 6.07) is 20.7. The van der Waals surface area contributed by atoms with Crippen molar-refractivity contribution in [3.8, 4) is 0 Å². The van der Waals surface area contributed by atoms with Gasteiger partial charge in [0.05, 0.1) is 5.92 Å². The summed E-state index contributed by atoms with van der Waals surface area (Å²) in [7, 11) is 0. The van der Waals surface area contributed by atoms with Gasteiger partial charge in [-0.05, 0) is 62.0 Å². The molecule has 174 valence electrons. The molecule has 5 rings (SSSR count). The van der Waals surface area contributed by atoms with E-state index in [0.717, 1.165) is 44.9 Å². The Morgan fingerprint density at radius 1 is 0.909 bits per heavy atom. The zero-order valence-electron chi connectivity index (χ0n) is 19.3. The van der Waals surface area contributed by atoms with Crippen LogP contribution in [0.4, 0.5) is 0 Å². The Kier molecular flexibility index (Phi) is 6.24. The van der Waals surface area contributed by atoms with Gasteiger partial charge < -0.3 is 16.0 Å². The van der Waals surface area contributed by atoms with Gasteiger partial charge in [-0.25, -0.2) is 0 Å². The lowest BCUT2D eigenvalue weighted by Crippen LogP contribution is -2.48.